The molecule has 0 aromatic heterocycles. The number of nitrogens with one attached hydrogen (secondary N) is 1. The van der Waals surface area contributed by atoms with Gasteiger partial charge in [-0.05, 0) is 36.3 Å². The summed E-state index contributed by atoms with van der Waals surface area (Å²) in [6, 6.07) is 4.54. The molecule has 1 amide bonds. The van der Waals surface area contributed by atoms with Crippen molar-refractivity contribution >= 4 is 45.9 Å². The molecule has 1 atom stereocenters. The third-order valence-corrected chi connectivity index (χ3v) is 5.25. The Hall–Kier alpha value is -2.00. The molecule has 0 radical (unpaired) electrons. The van der Waals surface area contributed by atoms with Gasteiger partial charge in [0.1, 0.15) is 7.11 Å². The number of rotatable bonds is 8. The van der Waals surface area contributed by atoms with Crippen molar-refractivity contribution in [3.63, 3.8) is 0 Å². The lowest BCUT2D eigenvalue weighted by atomic mass is 9.96. The minimum Gasteiger partial charge on any atom is -0.491 e. The zero-order valence-electron chi connectivity index (χ0n) is 15.6. The van der Waals surface area contributed by atoms with Crippen molar-refractivity contribution in [2.24, 2.45) is 16.1 Å². The van der Waals surface area contributed by atoms with Crippen LogP contribution in [0.15, 0.2) is 39.3 Å². The molecule has 1 aromatic rings. The minimum absolute atomic E-state index is 0.185. The quantitative estimate of drug-likeness (QED) is 0.523. The second kappa shape index (κ2) is 10.4. The van der Waals surface area contributed by atoms with Crippen molar-refractivity contribution in [1.29, 1.82) is 0 Å². The predicted octanol–water partition coefficient (Wildman–Crippen LogP) is 3.61. The van der Waals surface area contributed by atoms with Gasteiger partial charge in [-0.15, -0.1) is 0 Å². The van der Waals surface area contributed by atoms with Crippen molar-refractivity contribution in [2.45, 2.75) is 6.92 Å². The van der Waals surface area contributed by atoms with Crippen LogP contribution in [0.3, 0.4) is 0 Å². The van der Waals surface area contributed by atoms with Gasteiger partial charge < -0.3 is 14.9 Å². The molecule has 146 valence electrons. The molecule has 1 aliphatic rings. The summed E-state index contributed by atoms with van der Waals surface area (Å²) in [6.07, 6.45) is 1.98. The van der Waals surface area contributed by atoms with Gasteiger partial charge in [-0.2, -0.15) is 11.8 Å². The van der Waals surface area contributed by atoms with Crippen LogP contribution in [0.5, 0.6) is 5.75 Å². The summed E-state index contributed by atoms with van der Waals surface area (Å²) in [5, 5.41) is 9.10. The van der Waals surface area contributed by atoms with Crippen molar-refractivity contribution in [2.75, 3.05) is 32.8 Å². The highest BCUT2D eigenvalue weighted by Crippen LogP contribution is 2.36. The molecule has 0 saturated carbocycles. The number of halogens is 1. The fourth-order valence-electron chi connectivity index (χ4n) is 2.51. The van der Waals surface area contributed by atoms with Crippen LogP contribution in [0.2, 0.25) is 0 Å². The van der Waals surface area contributed by atoms with Gasteiger partial charge in [-0.3, -0.25) is 4.79 Å². The van der Waals surface area contributed by atoms with E-state index in [4.69, 9.17) is 9.57 Å². The van der Waals surface area contributed by atoms with Crippen LogP contribution in [0.25, 0.3) is 0 Å². The lowest BCUT2D eigenvalue weighted by Gasteiger charge is -2.16. The maximum absolute atomic E-state index is 14.1. The van der Waals surface area contributed by atoms with Crippen molar-refractivity contribution in [3.05, 3.63) is 35.0 Å². The van der Waals surface area contributed by atoms with E-state index in [-0.39, 0.29) is 17.4 Å². The Kier molecular flexibility index (Phi) is 8.18. The Balaban J connectivity index is 2.42. The molecule has 2 rings (SSSR count). The summed E-state index contributed by atoms with van der Waals surface area (Å²) in [5.74, 6) is -0.356. The standard InChI is InChI=1S/C18H22FN3O3S2/c1-5-25-14-7-6-12(8-13(14)19)21-18-15(11(9-26-4)10-27-18)16(22-24-3)17(23)20-2/h6-8,10,15H,5,9H2,1-4H3,(H,20,23)/b21-18?,22-16+. The molecule has 1 N–H and O–H groups in total. The minimum atomic E-state index is -0.479. The number of thioether (sulfide) groups is 2. The largest absolute Gasteiger partial charge is 0.491 e. The number of amides is 1. The van der Waals surface area contributed by atoms with Crippen LogP contribution in [0, 0.1) is 11.7 Å². The number of hydrogen-bond acceptors (Lipinski definition) is 7. The molecule has 0 saturated heterocycles. The number of nitrogens with zero attached hydrogens (tertiary/aromatic N) is 2. The van der Waals surface area contributed by atoms with Gasteiger partial charge in [0.15, 0.2) is 17.3 Å². The molecule has 0 bridgehead atoms. The molecule has 1 unspecified atom stereocenters. The number of benzene rings is 1. The van der Waals surface area contributed by atoms with Gasteiger partial charge in [-0.1, -0.05) is 16.9 Å². The molecule has 0 fully saturated rings. The molecule has 1 aromatic carbocycles. The summed E-state index contributed by atoms with van der Waals surface area (Å²) in [4.78, 5) is 21.7. The molecule has 0 spiro atoms. The first-order chi connectivity index (χ1) is 13.0. The van der Waals surface area contributed by atoms with Gasteiger partial charge >= 0.3 is 0 Å². The monoisotopic (exact) mass is 411 g/mol. The van der Waals surface area contributed by atoms with Gasteiger partial charge in [-0.25, -0.2) is 9.38 Å². The van der Waals surface area contributed by atoms with Crippen LogP contribution < -0.4 is 10.1 Å². The highest BCUT2D eigenvalue weighted by Gasteiger charge is 2.35. The van der Waals surface area contributed by atoms with Crippen LogP contribution in [-0.4, -0.2) is 49.4 Å². The summed E-state index contributed by atoms with van der Waals surface area (Å²) >= 11 is 3.04. The molecule has 0 aliphatic carbocycles. The highest BCUT2D eigenvalue weighted by molar-refractivity contribution is 8.17. The van der Waals surface area contributed by atoms with E-state index in [1.807, 2.05) is 11.7 Å². The fourth-order valence-corrected chi connectivity index (χ4v) is 4.25. The second-order valence-electron chi connectivity index (χ2n) is 5.41. The second-order valence-corrected chi connectivity index (χ2v) is 7.17. The Morgan fingerprint density at radius 1 is 1.44 bits per heavy atom. The number of aliphatic imine (C=N–C) groups is 1. The van der Waals surface area contributed by atoms with Gasteiger partial charge in [0, 0.05) is 18.9 Å². The third kappa shape index (κ3) is 5.26. The normalized spacial score (nSPS) is 18.4. The number of carbonyl (C=O) groups is 1. The molecule has 9 heteroatoms. The maximum Gasteiger partial charge on any atom is 0.269 e. The Morgan fingerprint density at radius 3 is 2.81 bits per heavy atom. The summed E-state index contributed by atoms with van der Waals surface area (Å²) in [5.41, 5.74) is 1.66. The summed E-state index contributed by atoms with van der Waals surface area (Å²) in [6.45, 7) is 2.18. The van der Waals surface area contributed by atoms with E-state index >= 15 is 0 Å². The van der Waals surface area contributed by atoms with Crippen LogP contribution in [-0.2, 0) is 9.63 Å². The Bertz CT molecular complexity index is 781. The molecular weight excluding hydrogens is 389 g/mol. The molecule has 6 nitrogen and oxygen atoms in total. The summed E-state index contributed by atoms with van der Waals surface area (Å²) < 4.78 is 19.4. The molecule has 27 heavy (non-hydrogen) atoms. The van der Waals surface area contributed by atoms with E-state index in [9.17, 15) is 9.18 Å². The first-order valence-corrected chi connectivity index (χ1v) is 10.5. The van der Waals surface area contributed by atoms with E-state index in [1.165, 1.54) is 32.0 Å². The zero-order chi connectivity index (χ0) is 19.8. The smallest absolute Gasteiger partial charge is 0.269 e. The lowest BCUT2D eigenvalue weighted by molar-refractivity contribution is -0.114. The maximum atomic E-state index is 14.1. The van der Waals surface area contributed by atoms with E-state index in [0.29, 0.717) is 23.1 Å². The Labute approximate surface area is 166 Å². The van der Waals surface area contributed by atoms with E-state index < -0.39 is 11.7 Å². The van der Waals surface area contributed by atoms with Crippen LogP contribution >= 0.6 is 23.5 Å². The van der Waals surface area contributed by atoms with Gasteiger partial charge in [0.2, 0.25) is 0 Å². The SMILES string of the molecule is CCOc1ccc(N=C2SC=C(CSC)C2/C(=N\OC)C(=O)NC)cc1F. The first-order valence-electron chi connectivity index (χ1n) is 8.24. The third-order valence-electron chi connectivity index (χ3n) is 3.64. The highest BCUT2D eigenvalue weighted by atomic mass is 32.2. The fraction of sp³-hybridized carbons (Fsp3) is 0.389. The van der Waals surface area contributed by atoms with Crippen molar-refractivity contribution in [1.82, 2.24) is 5.32 Å². The van der Waals surface area contributed by atoms with Crippen LogP contribution in [0.4, 0.5) is 10.1 Å². The predicted molar refractivity (Wildman–Crippen MR) is 111 cm³/mol. The molecule has 1 heterocycles. The number of hydrogen-bond donors (Lipinski definition) is 1. The van der Waals surface area contributed by atoms with E-state index in [1.54, 1.807) is 30.8 Å². The van der Waals surface area contributed by atoms with Gasteiger partial charge in [0.05, 0.1) is 23.3 Å². The number of carbonyl (C=O) groups excluding carboxylic acids is 1. The van der Waals surface area contributed by atoms with Gasteiger partial charge in [0.25, 0.3) is 5.91 Å². The molecular formula is C18H22FN3O3S2. The topological polar surface area (TPSA) is 72.3 Å². The number of ether oxygens (including phenoxy) is 1. The van der Waals surface area contributed by atoms with E-state index in [0.717, 1.165) is 5.57 Å². The summed E-state index contributed by atoms with van der Waals surface area (Å²) in [7, 11) is 2.92. The Morgan fingerprint density at radius 2 is 2.22 bits per heavy atom. The first kappa shape index (κ1) is 21.3. The number of oxime groups is 1. The average Bonchev–Trinajstić information content (AvgIpc) is 3.04. The van der Waals surface area contributed by atoms with Crippen molar-refractivity contribution in [3.8, 4) is 5.75 Å². The zero-order valence-corrected chi connectivity index (χ0v) is 17.2. The van der Waals surface area contributed by atoms with E-state index in [2.05, 4.69) is 15.5 Å². The van der Waals surface area contributed by atoms with Crippen LogP contribution in [0.1, 0.15) is 6.92 Å². The lowest BCUT2D eigenvalue weighted by Crippen LogP contribution is -2.36. The molecule has 1 aliphatic heterocycles. The van der Waals surface area contributed by atoms with Crippen molar-refractivity contribution < 1.29 is 18.8 Å². The average molecular weight is 412 g/mol.